The highest BCUT2D eigenvalue weighted by Crippen LogP contribution is 2.47. The van der Waals surface area contributed by atoms with E-state index in [4.69, 9.17) is 14.5 Å². The molecule has 1 unspecified atom stereocenters. The van der Waals surface area contributed by atoms with Gasteiger partial charge in [-0.3, -0.25) is 9.78 Å². The van der Waals surface area contributed by atoms with Gasteiger partial charge >= 0.3 is 8.53 Å². The fraction of sp³-hybridized carbons (Fsp3) is 0.0690. The van der Waals surface area contributed by atoms with E-state index in [-0.39, 0.29) is 5.91 Å². The van der Waals surface area contributed by atoms with E-state index in [1.807, 2.05) is 84.9 Å². The first kappa shape index (κ1) is 25.7. The number of anilines is 1. The number of amides is 1. The Labute approximate surface area is 226 Å². The summed E-state index contributed by atoms with van der Waals surface area (Å²) in [6.45, 7) is 0.440. The van der Waals surface area contributed by atoms with Gasteiger partial charge in [0.1, 0.15) is 5.75 Å². The van der Waals surface area contributed by atoms with Crippen molar-refractivity contribution < 1.29 is 13.8 Å². The molecular weight excluding hydrogens is 515 g/mol. The number of benzene rings is 3. The van der Waals surface area contributed by atoms with Gasteiger partial charge in [-0.1, -0.05) is 48.2 Å². The zero-order valence-corrected chi connectivity index (χ0v) is 22.3. The lowest BCUT2D eigenvalue weighted by Crippen LogP contribution is -2.18. The van der Waals surface area contributed by atoms with E-state index in [2.05, 4.69) is 15.4 Å². The number of nitrogens with one attached hydrogen (secondary N) is 3. The van der Waals surface area contributed by atoms with Crippen molar-refractivity contribution in [3.8, 4) is 5.75 Å². The van der Waals surface area contributed by atoms with Gasteiger partial charge in [0.15, 0.2) is 0 Å². The highest BCUT2D eigenvalue weighted by atomic mass is 32.2. The van der Waals surface area contributed by atoms with Crippen molar-refractivity contribution in [1.82, 2.24) is 10.3 Å². The third-order valence-corrected chi connectivity index (χ3v) is 7.89. The molecule has 0 radical (unpaired) electrons. The molecule has 0 bridgehead atoms. The Morgan fingerprint density at radius 2 is 1.84 bits per heavy atom. The van der Waals surface area contributed by atoms with Crippen molar-refractivity contribution >= 4 is 43.7 Å². The van der Waals surface area contributed by atoms with Gasteiger partial charge in [0.25, 0.3) is 5.91 Å². The maximum atomic E-state index is 12.4. The Hall–Kier alpha value is -3.97. The third-order valence-electron chi connectivity index (χ3n) is 5.68. The van der Waals surface area contributed by atoms with Gasteiger partial charge in [-0.2, -0.15) is 0 Å². The van der Waals surface area contributed by atoms with Crippen LogP contribution in [0.3, 0.4) is 0 Å². The Balaban J connectivity index is 1.45. The predicted octanol–water partition coefficient (Wildman–Crippen LogP) is 6.92. The lowest BCUT2D eigenvalue weighted by atomic mass is 10.1. The van der Waals surface area contributed by atoms with E-state index in [0.29, 0.717) is 29.1 Å². The van der Waals surface area contributed by atoms with Crippen LogP contribution in [0.25, 0.3) is 6.08 Å². The van der Waals surface area contributed by atoms with Crippen LogP contribution < -0.4 is 14.9 Å². The van der Waals surface area contributed by atoms with Crippen molar-refractivity contribution in [2.45, 2.75) is 16.4 Å². The van der Waals surface area contributed by atoms with Crippen LogP contribution in [-0.4, -0.2) is 23.7 Å². The minimum absolute atomic E-state index is 0.143. The first-order chi connectivity index (χ1) is 18.6. The zero-order chi connectivity index (χ0) is 26.3. The molecule has 0 fully saturated rings. The monoisotopic (exact) mass is 540 g/mol. The van der Waals surface area contributed by atoms with Crippen LogP contribution >= 0.6 is 20.3 Å². The minimum atomic E-state index is -1.48. The molecule has 7 nitrogen and oxygen atoms in total. The second-order valence-corrected chi connectivity index (χ2v) is 10.5. The highest BCUT2D eigenvalue weighted by molar-refractivity contribution is 7.99. The molecule has 1 aliphatic rings. The summed E-state index contributed by atoms with van der Waals surface area (Å²) in [5.41, 5.74) is 4.07. The summed E-state index contributed by atoms with van der Waals surface area (Å²) in [5, 5.41) is 14.9. The average molecular weight is 541 g/mol. The summed E-state index contributed by atoms with van der Waals surface area (Å²) in [4.78, 5) is 18.4. The molecule has 190 valence electrons. The van der Waals surface area contributed by atoms with Crippen LogP contribution in [0.4, 0.5) is 5.69 Å². The van der Waals surface area contributed by atoms with Crippen LogP contribution in [0, 0.1) is 5.41 Å². The molecular formula is C29H25N4O3PS. The minimum Gasteiger partial charge on any atom is -0.431 e. The second kappa shape index (κ2) is 12.0. The molecule has 0 aliphatic carbocycles. The highest BCUT2D eigenvalue weighted by Gasteiger charge is 2.23. The van der Waals surface area contributed by atoms with Gasteiger partial charge < -0.3 is 24.9 Å². The molecule has 1 atom stereocenters. The number of aromatic nitrogens is 1. The van der Waals surface area contributed by atoms with Gasteiger partial charge in [0.05, 0.1) is 29.3 Å². The predicted molar refractivity (Wildman–Crippen MR) is 153 cm³/mol. The number of hydrogen-bond donors (Lipinski definition) is 3. The number of carbonyl (C=O) groups is 1. The lowest BCUT2D eigenvalue weighted by Gasteiger charge is -2.26. The summed E-state index contributed by atoms with van der Waals surface area (Å²) in [6, 6.07) is 26.7. The van der Waals surface area contributed by atoms with Crippen molar-refractivity contribution in [3.05, 3.63) is 120 Å². The average Bonchev–Trinajstić information content (AvgIpc) is 2.96. The molecule has 1 aliphatic heterocycles. The Kier molecular flexibility index (Phi) is 8.14. The number of hydrogen-bond acceptors (Lipinski definition) is 7. The van der Waals surface area contributed by atoms with Crippen LogP contribution in [0.1, 0.15) is 27.2 Å². The normalized spacial score (nSPS) is 14.4. The van der Waals surface area contributed by atoms with E-state index in [9.17, 15) is 4.79 Å². The molecule has 0 saturated carbocycles. The number of allylic oxidation sites excluding steroid dienone is 1. The number of carbonyl (C=O) groups excluding carboxylic acids is 1. The molecule has 3 aromatic carbocycles. The molecule has 0 spiro atoms. The first-order valence-corrected chi connectivity index (χ1v) is 13.9. The Morgan fingerprint density at radius 3 is 2.68 bits per heavy atom. The van der Waals surface area contributed by atoms with Crippen LogP contribution in [0.15, 0.2) is 107 Å². The standard InChI is InChI=1S/C29H25N4O3PS/c1-31-29(34)24-10-3-5-12-28(24)38-22-14-15-23(25(30)16-13-21-9-6-7-17-32-21)26(18-22)33-37-35-19-20-8-2-4-11-27(20)36-37/h2-18,30,33H,19H2,1H3,(H,31,34)/b16-13+,30-25?. The molecule has 1 aromatic heterocycles. The summed E-state index contributed by atoms with van der Waals surface area (Å²) in [6.07, 6.45) is 5.25. The van der Waals surface area contributed by atoms with E-state index >= 15 is 0 Å². The molecule has 5 rings (SSSR count). The van der Waals surface area contributed by atoms with Gasteiger partial charge in [-0.25, -0.2) is 0 Å². The number of pyridine rings is 1. The molecule has 2 heterocycles. The van der Waals surface area contributed by atoms with E-state index in [1.54, 1.807) is 25.4 Å². The van der Waals surface area contributed by atoms with E-state index < -0.39 is 8.53 Å². The number of para-hydroxylation sites is 1. The topological polar surface area (TPSA) is 96.3 Å². The first-order valence-electron chi connectivity index (χ1n) is 11.9. The summed E-state index contributed by atoms with van der Waals surface area (Å²) >= 11 is 1.48. The lowest BCUT2D eigenvalue weighted by molar-refractivity contribution is 0.0960. The zero-order valence-electron chi connectivity index (χ0n) is 20.5. The maximum Gasteiger partial charge on any atom is 0.350 e. The number of fused-ring (bicyclic) bond motifs is 1. The quantitative estimate of drug-likeness (QED) is 0.166. The molecule has 38 heavy (non-hydrogen) atoms. The van der Waals surface area contributed by atoms with Gasteiger partial charge in [0.2, 0.25) is 0 Å². The molecule has 0 saturated heterocycles. The van der Waals surface area contributed by atoms with Crippen molar-refractivity contribution in [2.75, 3.05) is 12.1 Å². The van der Waals surface area contributed by atoms with E-state index in [1.165, 1.54) is 11.8 Å². The smallest absolute Gasteiger partial charge is 0.350 e. The van der Waals surface area contributed by atoms with Crippen LogP contribution in [0.5, 0.6) is 5.75 Å². The van der Waals surface area contributed by atoms with Crippen molar-refractivity contribution in [3.63, 3.8) is 0 Å². The van der Waals surface area contributed by atoms with Crippen molar-refractivity contribution in [2.24, 2.45) is 0 Å². The molecule has 4 aromatic rings. The Morgan fingerprint density at radius 1 is 1.03 bits per heavy atom. The summed E-state index contributed by atoms with van der Waals surface area (Å²) in [5.74, 6) is 0.643. The number of nitrogens with zero attached hydrogens (tertiary/aromatic N) is 1. The fourth-order valence-electron chi connectivity index (χ4n) is 3.76. The fourth-order valence-corrected chi connectivity index (χ4v) is 5.90. The second-order valence-electron chi connectivity index (χ2n) is 8.23. The van der Waals surface area contributed by atoms with Crippen LogP contribution in [-0.2, 0) is 11.1 Å². The summed E-state index contributed by atoms with van der Waals surface area (Å²) < 4.78 is 12.1. The van der Waals surface area contributed by atoms with Crippen LogP contribution in [0.2, 0.25) is 0 Å². The molecule has 3 N–H and O–H groups in total. The molecule has 9 heteroatoms. The molecule has 1 amide bonds. The van der Waals surface area contributed by atoms with Gasteiger partial charge in [-0.05, 0) is 60.7 Å². The largest absolute Gasteiger partial charge is 0.431 e. The van der Waals surface area contributed by atoms with Gasteiger partial charge in [-0.15, -0.1) is 0 Å². The van der Waals surface area contributed by atoms with Crippen molar-refractivity contribution in [1.29, 1.82) is 5.41 Å². The SMILES string of the molecule is CNC(=O)c1ccccc1Sc1ccc(C(=N)/C=C/c2ccccn2)c(NP2OCc3ccccc3O2)c1. The third kappa shape index (κ3) is 6.11. The maximum absolute atomic E-state index is 12.4. The summed E-state index contributed by atoms with van der Waals surface area (Å²) in [7, 11) is 0.144. The Bertz CT molecular complexity index is 1500. The van der Waals surface area contributed by atoms with E-state index in [0.717, 1.165) is 26.8 Å². The number of rotatable bonds is 8. The van der Waals surface area contributed by atoms with Gasteiger partial charge in [0, 0.05) is 34.2 Å².